The summed E-state index contributed by atoms with van der Waals surface area (Å²) in [4.78, 5) is 0. The zero-order valence-electron chi connectivity index (χ0n) is 13.9. The predicted molar refractivity (Wildman–Crippen MR) is 86.7 cm³/mol. The van der Waals surface area contributed by atoms with Crippen LogP contribution in [0.4, 0.5) is 0 Å². The Morgan fingerprint density at radius 2 is 1.65 bits per heavy atom. The second-order valence-corrected chi connectivity index (χ2v) is 10.3. The zero-order chi connectivity index (χ0) is 15.4. The summed E-state index contributed by atoms with van der Waals surface area (Å²) in [6, 6.07) is 0. The van der Waals surface area contributed by atoms with Crippen molar-refractivity contribution in [2.45, 2.75) is 77.5 Å². The molecule has 0 aliphatic heterocycles. The van der Waals surface area contributed by atoms with E-state index in [1.54, 1.807) is 13.8 Å². The summed E-state index contributed by atoms with van der Waals surface area (Å²) in [6.07, 6.45) is 5.85. The Kier molecular flexibility index (Phi) is 6.52. The molecule has 0 aromatic heterocycles. The number of nitrogens with one attached hydrogen (secondary N) is 1. The molecule has 120 valence electrons. The Hall–Kier alpha value is -0.0900. The Bertz CT molecular complexity index is 382. The second-order valence-electron chi connectivity index (χ2n) is 7.64. The Morgan fingerprint density at radius 3 is 2.15 bits per heavy atom. The van der Waals surface area contributed by atoms with Crippen LogP contribution in [0, 0.1) is 11.8 Å². The van der Waals surface area contributed by atoms with Crippen LogP contribution in [0.3, 0.4) is 0 Å². The van der Waals surface area contributed by atoms with Crippen LogP contribution >= 0.6 is 0 Å². The van der Waals surface area contributed by atoms with E-state index < -0.39 is 9.84 Å². The lowest BCUT2D eigenvalue weighted by Gasteiger charge is -2.34. The van der Waals surface area contributed by atoms with Crippen LogP contribution in [0.15, 0.2) is 0 Å². The Balaban J connectivity index is 2.52. The minimum absolute atomic E-state index is 0.145. The van der Waals surface area contributed by atoms with Gasteiger partial charge >= 0.3 is 0 Å². The summed E-state index contributed by atoms with van der Waals surface area (Å²) in [6.45, 7) is 11.2. The van der Waals surface area contributed by atoms with Gasteiger partial charge in [0, 0.05) is 5.54 Å². The monoisotopic (exact) mass is 303 g/mol. The average molecular weight is 304 g/mol. The molecule has 0 saturated heterocycles. The lowest BCUT2D eigenvalue weighted by Crippen LogP contribution is -2.41. The summed E-state index contributed by atoms with van der Waals surface area (Å²) in [5.41, 5.74) is 0.145. The van der Waals surface area contributed by atoms with Crippen LogP contribution in [-0.2, 0) is 9.84 Å². The second kappa shape index (κ2) is 7.26. The molecule has 0 heterocycles. The fourth-order valence-corrected chi connectivity index (χ4v) is 4.02. The van der Waals surface area contributed by atoms with Crippen LogP contribution in [-0.4, -0.2) is 31.5 Å². The first-order valence-electron chi connectivity index (χ1n) is 8.08. The van der Waals surface area contributed by atoms with Gasteiger partial charge in [-0.2, -0.15) is 0 Å². The first-order valence-corrected chi connectivity index (χ1v) is 9.80. The van der Waals surface area contributed by atoms with Gasteiger partial charge in [0.05, 0.1) is 11.0 Å². The summed E-state index contributed by atoms with van der Waals surface area (Å²) in [5, 5.41) is 3.35. The SMILES string of the molecule is CC(C)S(=O)(=O)CCC1CCCCC1CNC(C)(C)C. The molecule has 0 spiro atoms. The molecule has 0 radical (unpaired) electrons. The number of hydrogen-bond donors (Lipinski definition) is 1. The maximum Gasteiger partial charge on any atom is 0.152 e. The minimum Gasteiger partial charge on any atom is -0.312 e. The number of rotatable bonds is 6. The molecule has 20 heavy (non-hydrogen) atoms. The Labute approximate surface area is 125 Å². The van der Waals surface area contributed by atoms with Gasteiger partial charge in [0.1, 0.15) is 0 Å². The third-order valence-corrected chi connectivity index (χ3v) is 6.69. The van der Waals surface area contributed by atoms with Gasteiger partial charge in [-0.25, -0.2) is 8.42 Å². The van der Waals surface area contributed by atoms with Crippen molar-refractivity contribution in [3.8, 4) is 0 Å². The standard InChI is InChI=1S/C16H33NO2S/c1-13(2)20(18,19)11-10-14-8-6-7-9-15(14)12-17-16(3,4)5/h13-15,17H,6-12H2,1-5H3. The van der Waals surface area contributed by atoms with E-state index in [0.717, 1.165) is 13.0 Å². The van der Waals surface area contributed by atoms with Crippen molar-refractivity contribution < 1.29 is 8.42 Å². The minimum atomic E-state index is -2.88. The van der Waals surface area contributed by atoms with Gasteiger partial charge in [-0.15, -0.1) is 0 Å². The third kappa shape index (κ3) is 6.13. The summed E-state index contributed by atoms with van der Waals surface area (Å²) < 4.78 is 24.0. The molecule has 0 bridgehead atoms. The van der Waals surface area contributed by atoms with Crippen LogP contribution in [0.2, 0.25) is 0 Å². The lowest BCUT2D eigenvalue weighted by atomic mass is 9.77. The highest BCUT2D eigenvalue weighted by Gasteiger charge is 2.28. The number of sulfone groups is 1. The highest BCUT2D eigenvalue weighted by molar-refractivity contribution is 7.91. The quantitative estimate of drug-likeness (QED) is 0.818. The van der Waals surface area contributed by atoms with E-state index in [4.69, 9.17) is 0 Å². The average Bonchev–Trinajstić information content (AvgIpc) is 2.33. The van der Waals surface area contributed by atoms with E-state index in [9.17, 15) is 8.42 Å². The van der Waals surface area contributed by atoms with Gasteiger partial charge < -0.3 is 5.32 Å². The van der Waals surface area contributed by atoms with Crippen molar-refractivity contribution in [3.05, 3.63) is 0 Å². The molecule has 2 unspecified atom stereocenters. The first kappa shape index (κ1) is 18.0. The van der Waals surface area contributed by atoms with Gasteiger partial charge in [-0.3, -0.25) is 0 Å². The first-order chi connectivity index (χ1) is 9.12. The van der Waals surface area contributed by atoms with Gasteiger partial charge in [-0.05, 0) is 65.8 Å². The normalized spacial score (nSPS) is 25.1. The van der Waals surface area contributed by atoms with Gasteiger partial charge in [0.2, 0.25) is 0 Å². The lowest BCUT2D eigenvalue weighted by molar-refractivity contribution is 0.210. The summed E-state index contributed by atoms with van der Waals surface area (Å²) in [7, 11) is -2.88. The van der Waals surface area contributed by atoms with E-state index in [-0.39, 0.29) is 10.8 Å². The van der Waals surface area contributed by atoms with Crippen molar-refractivity contribution >= 4 is 9.84 Å². The highest BCUT2D eigenvalue weighted by atomic mass is 32.2. The van der Waals surface area contributed by atoms with Crippen LogP contribution in [0.25, 0.3) is 0 Å². The van der Waals surface area contributed by atoms with E-state index in [2.05, 4.69) is 26.1 Å². The fraction of sp³-hybridized carbons (Fsp3) is 1.00. The maximum atomic E-state index is 12.0. The van der Waals surface area contributed by atoms with E-state index in [0.29, 0.717) is 17.6 Å². The van der Waals surface area contributed by atoms with Crippen molar-refractivity contribution in [1.82, 2.24) is 5.32 Å². The zero-order valence-corrected chi connectivity index (χ0v) is 14.7. The van der Waals surface area contributed by atoms with Crippen LogP contribution < -0.4 is 5.32 Å². The molecule has 0 amide bonds. The summed E-state index contributed by atoms with van der Waals surface area (Å²) >= 11 is 0. The molecule has 2 atom stereocenters. The summed E-state index contributed by atoms with van der Waals surface area (Å²) in [5.74, 6) is 1.58. The van der Waals surface area contributed by atoms with Crippen molar-refractivity contribution in [2.24, 2.45) is 11.8 Å². The predicted octanol–water partition coefficient (Wildman–Crippen LogP) is 3.39. The fourth-order valence-electron chi connectivity index (χ4n) is 2.92. The Morgan fingerprint density at radius 1 is 1.10 bits per heavy atom. The van der Waals surface area contributed by atoms with Gasteiger partial charge in [0.15, 0.2) is 9.84 Å². The van der Waals surface area contributed by atoms with Crippen molar-refractivity contribution in [3.63, 3.8) is 0 Å². The molecular formula is C16H33NO2S. The molecule has 1 aliphatic rings. The van der Waals surface area contributed by atoms with Crippen LogP contribution in [0.1, 0.15) is 66.7 Å². The molecule has 1 aliphatic carbocycles. The molecule has 1 fully saturated rings. The van der Waals surface area contributed by atoms with Crippen molar-refractivity contribution in [2.75, 3.05) is 12.3 Å². The van der Waals surface area contributed by atoms with Gasteiger partial charge in [-0.1, -0.05) is 19.3 Å². The van der Waals surface area contributed by atoms with Gasteiger partial charge in [0.25, 0.3) is 0 Å². The van der Waals surface area contributed by atoms with E-state index >= 15 is 0 Å². The van der Waals surface area contributed by atoms with E-state index in [1.165, 1.54) is 25.7 Å². The molecule has 0 aromatic carbocycles. The largest absolute Gasteiger partial charge is 0.312 e. The van der Waals surface area contributed by atoms with Crippen LogP contribution in [0.5, 0.6) is 0 Å². The molecule has 4 heteroatoms. The molecule has 1 N–H and O–H groups in total. The molecule has 0 aromatic rings. The molecule has 1 saturated carbocycles. The molecular weight excluding hydrogens is 270 g/mol. The molecule has 1 rings (SSSR count). The topological polar surface area (TPSA) is 46.2 Å². The number of hydrogen-bond acceptors (Lipinski definition) is 3. The van der Waals surface area contributed by atoms with Crippen molar-refractivity contribution in [1.29, 1.82) is 0 Å². The molecule has 3 nitrogen and oxygen atoms in total. The third-order valence-electron chi connectivity index (χ3n) is 4.45. The smallest absolute Gasteiger partial charge is 0.152 e. The highest BCUT2D eigenvalue weighted by Crippen LogP contribution is 2.32. The maximum absolute atomic E-state index is 12.0. The van der Waals surface area contributed by atoms with E-state index in [1.807, 2.05) is 0 Å².